The number of carbonyl (C=O) groups excluding carboxylic acids is 1. The molecule has 1 N–H and O–H groups in total. The zero-order chi connectivity index (χ0) is 22.0. The summed E-state index contributed by atoms with van der Waals surface area (Å²) in [5, 5.41) is 4.65. The number of fused-ring (bicyclic) bond motifs is 1. The Morgan fingerprint density at radius 1 is 1.10 bits per heavy atom. The van der Waals surface area contributed by atoms with E-state index in [1.54, 1.807) is 4.68 Å². The molecule has 8 nitrogen and oxygen atoms in total. The number of hydrogen-bond acceptors (Lipinski definition) is 5. The van der Waals surface area contributed by atoms with Gasteiger partial charge in [0, 0.05) is 0 Å². The average molecular weight is 417 g/mol. The Morgan fingerprint density at radius 3 is 2.58 bits per heavy atom. The average Bonchev–Trinajstić information content (AvgIpc) is 3.19. The van der Waals surface area contributed by atoms with E-state index in [4.69, 9.17) is 4.74 Å². The minimum Gasteiger partial charge on any atom is -0.494 e. The van der Waals surface area contributed by atoms with Crippen LogP contribution in [-0.2, 0) is 11.2 Å². The van der Waals surface area contributed by atoms with E-state index in [0.29, 0.717) is 17.6 Å². The van der Waals surface area contributed by atoms with Crippen LogP contribution < -0.4 is 15.7 Å². The van der Waals surface area contributed by atoms with Crippen molar-refractivity contribution in [2.45, 2.75) is 27.2 Å². The quantitative estimate of drug-likeness (QED) is 0.521. The summed E-state index contributed by atoms with van der Waals surface area (Å²) in [4.78, 5) is 29.6. The molecule has 0 aliphatic carbocycles. The Balaban J connectivity index is 1.55. The van der Waals surface area contributed by atoms with Gasteiger partial charge in [-0.15, -0.1) is 0 Å². The minimum atomic E-state index is -0.389. The Morgan fingerprint density at radius 2 is 1.87 bits per heavy atom. The number of amides is 1. The second kappa shape index (κ2) is 8.43. The monoisotopic (exact) mass is 417 g/mol. The van der Waals surface area contributed by atoms with Crippen molar-refractivity contribution in [3.05, 3.63) is 82.0 Å². The number of hydrogen-bond donors (Lipinski definition) is 1. The van der Waals surface area contributed by atoms with Gasteiger partial charge in [-0.05, 0) is 61.7 Å². The first-order chi connectivity index (χ1) is 15.0. The lowest BCUT2D eigenvalue weighted by Gasteiger charge is -2.09. The number of ether oxygens (including phenoxy) is 1. The van der Waals surface area contributed by atoms with Gasteiger partial charge in [-0.3, -0.25) is 15.0 Å². The molecule has 0 saturated heterocycles. The van der Waals surface area contributed by atoms with Crippen molar-refractivity contribution in [3.8, 4) is 11.4 Å². The highest BCUT2D eigenvalue weighted by Gasteiger charge is 2.13. The van der Waals surface area contributed by atoms with E-state index >= 15 is 0 Å². The van der Waals surface area contributed by atoms with Gasteiger partial charge in [-0.25, -0.2) is 14.3 Å². The molecule has 0 radical (unpaired) electrons. The Bertz CT molecular complexity index is 1310. The van der Waals surface area contributed by atoms with E-state index in [2.05, 4.69) is 15.5 Å². The standard InChI is InChI=1S/C23H23N5O3/c1-4-31-19-9-6-17(7-10-19)12-21(29)26-27-14-24-22-20(23(27)30)13-25-28(22)18-8-5-15(2)16(3)11-18/h5-11,13-14H,4,12H2,1-3H3,(H,26,29). The molecule has 0 spiro atoms. The van der Waals surface area contributed by atoms with Crippen LogP contribution in [-0.4, -0.2) is 32.0 Å². The van der Waals surface area contributed by atoms with E-state index < -0.39 is 0 Å². The molecule has 31 heavy (non-hydrogen) atoms. The normalized spacial score (nSPS) is 10.9. The van der Waals surface area contributed by atoms with Crippen molar-refractivity contribution < 1.29 is 9.53 Å². The number of rotatable bonds is 6. The molecule has 0 aliphatic rings. The third-order valence-corrected chi connectivity index (χ3v) is 5.07. The van der Waals surface area contributed by atoms with Crippen LogP contribution in [0.2, 0.25) is 0 Å². The van der Waals surface area contributed by atoms with Gasteiger partial charge in [0.2, 0.25) is 5.91 Å². The first-order valence-corrected chi connectivity index (χ1v) is 10.0. The molecule has 0 bridgehead atoms. The van der Waals surface area contributed by atoms with E-state index in [1.165, 1.54) is 18.1 Å². The van der Waals surface area contributed by atoms with Gasteiger partial charge in [0.05, 0.1) is 24.9 Å². The molecule has 0 atom stereocenters. The highest BCUT2D eigenvalue weighted by molar-refractivity contribution is 5.86. The lowest BCUT2D eigenvalue weighted by molar-refractivity contribution is -0.116. The zero-order valence-corrected chi connectivity index (χ0v) is 17.6. The second-order valence-corrected chi connectivity index (χ2v) is 7.27. The molecule has 158 valence electrons. The first kappa shape index (κ1) is 20.3. The van der Waals surface area contributed by atoms with Gasteiger partial charge in [-0.1, -0.05) is 18.2 Å². The van der Waals surface area contributed by atoms with Gasteiger partial charge in [0.25, 0.3) is 5.56 Å². The maximum absolute atomic E-state index is 12.8. The van der Waals surface area contributed by atoms with Gasteiger partial charge >= 0.3 is 0 Å². The number of carbonyl (C=O) groups is 1. The Hall–Kier alpha value is -3.94. The molecule has 0 saturated carbocycles. The van der Waals surface area contributed by atoms with Crippen LogP contribution in [0.4, 0.5) is 0 Å². The zero-order valence-electron chi connectivity index (χ0n) is 17.6. The summed E-state index contributed by atoms with van der Waals surface area (Å²) in [7, 11) is 0. The minimum absolute atomic E-state index is 0.124. The van der Waals surface area contributed by atoms with Gasteiger partial charge in [0.15, 0.2) is 5.65 Å². The summed E-state index contributed by atoms with van der Waals surface area (Å²) in [6.45, 7) is 6.55. The van der Waals surface area contributed by atoms with Crippen molar-refractivity contribution in [1.29, 1.82) is 0 Å². The molecule has 4 aromatic rings. The summed E-state index contributed by atoms with van der Waals surface area (Å²) >= 11 is 0. The topological polar surface area (TPSA) is 91.0 Å². The lowest BCUT2D eigenvalue weighted by Crippen LogP contribution is -2.34. The number of nitrogens with zero attached hydrogens (tertiary/aromatic N) is 4. The Labute approximate surface area is 179 Å². The van der Waals surface area contributed by atoms with Crippen molar-refractivity contribution >= 4 is 16.9 Å². The molecule has 0 fully saturated rings. The van der Waals surface area contributed by atoms with Crippen LogP contribution in [0.25, 0.3) is 16.7 Å². The fourth-order valence-electron chi connectivity index (χ4n) is 3.27. The van der Waals surface area contributed by atoms with Crippen molar-refractivity contribution in [2.75, 3.05) is 12.0 Å². The van der Waals surface area contributed by atoms with Crippen LogP contribution in [0.15, 0.2) is 59.8 Å². The summed E-state index contributed by atoms with van der Waals surface area (Å²) < 4.78 is 8.11. The van der Waals surface area contributed by atoms with Crippen molar-refractivity contribution in [2.24, 2.45) is 0 Å². The summed E-state index contributed by atoms with van der Waals surface area (Å²) in [6, 6.07) is 13.2. The molecular weight excluding hydrogens is 394 g/mol. The van der Waals surface area contributed by atoms with Gasteiger partial charge in [-0.2, -0.15) is 5.10 Å². The second-order valence-electron chi connectivity index (χ2n) is 7.27. The van der Waals surface area contributed by atoms with Gasteiger partial charge < -0.3 is 4.74 Å². The SMILES string of the molecule is CCOc1ccc(CC(=O)Nn2cnc3c(cnn3-c3ccc(C)c(C)c3)c2=O)cc1. The van der Waals surface area contributed by atoms with Crippen LogP contribution in [0.3, 0.4) is 0 Å². The predicted octanol–water partition coefficient (Wildman–Crippen LogP) is 2.91. The molecule has 2 aromatic heterocycles. The van der Waals surface area contributed by atoms with Crippen LogP contribution >= 0.6 is 0 Å². The number of nitrogens with one attached hydrogen (secondary N) is 1. The fourth-order valence-corrected chi connectivity index (χ4v) is 3.27. The predicted molar refractivity (Wildman–Crippen MR) is 118 cm³/mol. The van der Waals surface area contributed by atoms with E-state index in [1.807, 2.05) is 63.2 Å². The number of benzene rings is 2. The highest BCUT2D eigenvalue weighted by atomic mass is 16.5. The fraction of sp³-hybridized carbons (Fsp3) is 0.217. The molecule has 4 rings (SSSR count). The lowest BCUT2D eigenvalue weighted by atomic mass is 10.1. The smallest absolute Gasteiger partial charge is 0.283 e. The van der Waals surface area contributed by atoms with Crippen LogP contribution in [0.5, 0.6) is 5.75 Å². The maximum atomic E-state index is 12.8. The molecule has 2 heterocycles. The highest BCUT2D eigenvalue weighted by Crippen LogP contribution is 2.17. The van der Waals surface area contributed by atoms with E-state index in [-0.39, 0.29) is 17.9 Å². The molecule has 0 unspecified atom stereocenters. The van der Waals surface area contributed by atoms with E-state index in [0.717, 1.165) is 27.2 Å². The maximum Gasteiger partial charge on any atom is 0.283 e. The van der Waals surface area contributed by atoms with Gasteiger partial charge in [0.1, 0.15) is 17.5 Å². The molecule has 2 aromatic carbocycles. The van der Waals surface area contributed by atoms with Crippen molar-refractivity contribution in [1.82, 2.24) is 19.4 Å². The van der Waals surface area contributed by atoms with E-state index in [9.17, 15) is 9.59 Å². The molecule has 8 heteroatoms. The third kappa shape index (κ3) is 4.18. The summed E-state index contributed by atoms with van der Waals surface area (Å²) in [6.07, 6.45) is 2.90. The summed E-state index contributed by atoms with van der Waals surface area (Å²) in [5.41, 5.74) is 6.56. The largest absolute Gasteiger partial charge is 0.494 e. The first-order valence-electron chi connectivity index (χ1n) is 10.0. The molecule has 1 amide bonds. The summed E-state index contributed by atoms with van der Waals surface area (Å²) in [5.74, 6) is 0.423. The van der Waals surface area contributed by atoms with Crippen LogP contribution in [0, 0.1) is 13.8 Å². The number of aromatic nitrogens is 4. The number of aryl methyl sites for hydroxylation is 2. The Kier molecular flexibility index (Phi) is 5.53. The van der Waals surface area contributed by atoms with Crippen molar-refractivity contribution in [3.63, 3.8) is 0 Å². The third-order valence-electron chi connectivity index (χ3n) is 5.07. The molecule has 0 aliphatic heterocycles. The van der Waals surface area contributed by atoms with Crippen LogP contribution in [0.1, 0.15) is 23.6 Å². The molecular formula is C23H23N5O3.